The molecule has 0 aromatic heterocycles. The van der Waals surface area contributed by atoms with E-state index in [1.165, 1.54) is 27.2 Å². The van der Waals surface area contributed by atoms with Gasteiger partial charge in [-0.1, -0.05) is 25.8 Å². The van der Waals surface area contributed by atoms with Crippen LogP contribution < -0.4 is 30.3 Å². The highest BCUT2D eigenvalue weighted by molar-refractivity contribution is 5.84. The Balaban J connectivity index is 2.28. The lowest BCUT2D eigenvalue weighted by atomic mass is 9.95. The third kappa shape index (κ3) is 5.56. The van der Waals surface area contributed by atoms with Crippen LogP contribution in [-0.2, 0) is 16.0 Å². The Kier molecular flexibility index (Phi) is 8.79. The average Bonchev–Trinajstić information content (AvgIpc) is 3.09. The first kappa shape index (κ1) is 26.8. The van der Waals surface area contributed by atoms with Gasteiger partial charge in [0.1, 0.15) is 6.04 Å². The van der Waals surface area contributed by atoms with E-state index in [0.717, 1.165) is 17.5 Å². The minimum atomic E-state index is -1.02. The van der Waals surface area contributed by atoms with Crippen molar-refractivity contribution in [3.63, 3.8) is 0 Å². The molecule has 0 saturated carbocycles. The number of anilines is 1. The number of nitrogens with one attached hydrogen (secondary N) is 2. The molecule has 9 heteroatoms. The maximum atomic E-state index is 13.3. The number of hydrogen-bond acceptors (Lipinski definition) is 7. The first-order chi connectivity index (χ1) is 17.2. The maximum absolute atomic E-state index is 13.3. The van der Waals surface area contributed by atoms with E-state index in [4.69, 9.17) is 14.2 Å². The lowest BCUT2D eigenvalue weighted by molar-refractivity contribution is -0.138. The fraction of sp³-hybridized carbons (Fsp3) is 0.444. The molecular weight excluding hydrogens is 464 g/mol. The highest BCUT2D eigenvalue weighted by Crippen LogP contribution is 2.50. The number of ether oxygens (including phenoxy) is 3. The van der Waals surface area contributed by atoms with Crippen molar-refractivity contribution >= 4 is 17.6 Å². The van der Waals surface area contributed by atoms with Crippen molar-refractivity contribution in [1.29, 1.82) is 0 Å². The van der Waals surface area contributed by atoms with Crippen molar-refractivity contribution in [2.24, 2.45) is 0 Å². The van der Waals surface area contributed by atoms with Gasteiger partial charge in [-0.15, -0.1) is 0 Å². The number of benzene rings is 1. The molecule has 1 aliphatic rings. The third-order valence-corrected chi connectivity index (χ3v) is 6.39. The zero-order valence-corrected chi connectivity index (χ0v) is 21.4. The molecule has 0 saturated heterocycles. The zero-order valence-electron chi connectivity index (χ0n) is 21.4. The molecule has 0 heterocycles. The van der Waals surface area contributed by atoms with Gasteiger partial charge in [-0.25, -0.2) is 4.79 Å². The summed E-state index contributed by atoms with van der Waals surface area (Å²) in [6.07, 6.45) is 3.08. The van der Waals surface area contributed by atoms with Crippen molar-refractivity contribution in [2.75, 3.05) is 26.6 Å². The first-order valence-corrected chi connectivity index (χ1v) is 12.0. The molecular formula is C27H34N2O7. The van der Waals surface area contributed by atoms with E-state index >= 15 is 0 Å². The molecule has 36 heavy (non-hydrogen) atoms. The van der Waals surface area contributed by atoms with Crippen molar-refractivity contribution in [3.8, 4) is 28.4 Å². The maximum Gasteiger partial charge on any atom is 0.326 e. The summed E-state index contributed by atoms with van der Waals surface area (Å²) < 4.78 is 16.9. The molecule has 1 amide bonds. The number of hydrogen-bond donors (Lipinski definition) is 3. The van der Waals surface area contributed by atoms with Gasteiger partial charge in [0.25, 0.3) is 0 Å². The number of methoxy groups -OCH3 is 3. The van der Waals surface area contributed by atoms with Crippen LogP contribution in [0.3, 0.4) is 0 Å². The molecule has 3 N–H and O–H groups in total. The van der Waals surface area contributed by atoms with Crippen LogP contribution in [0, 0.1) is 0 Å². The van der Waals surface area contributed by atoms with Gasteiger partial charge in [-0.2, -0.15) is 0 Å². The summed E-state index contributed by atoms with van der Waals surface area (Å²) >= 11 is 0. The van der Waals surface area contributed by atoms with Gasteiger partial charge in [-0.05, 0) is 54.2 Å². The monoisotopic (exact) mass is 498 g/mol. The predicted octanol–water partition coefficient (Wildman–Crippen LogP) is 3.92. The molecule has 2 aromatic rings. The number of amides is 1. The van der Waals surface area contributed by atoms with Gasteiger partial charge in [0.2, 0.25) is 17.1 Å². The standard InChI is InChI=1S/C27H34N2O7/c1-6-7-8-21(27(32)33)29-20-12-10-17-18(14-22(20)31)19(28-15(2)30)11-9-16-13-23(34-3)25(35-4)26(36-5)24(16)17/h10,12-14,19,21H,6-9,11H2,1-5H3,(H,28,30)(H,29,31)(H,32,33). The summed E-state index contributed by atoms with van der Waals surface area (Å²) in [7, 11) is 4.61. The molecule has 0 aliphatic heterocycles. The Bertz CT molecular complexity index is 1200. The van der Waals surface area contributed by atoms with E-state index in [1.54, 1.807) is 19.2 Å². The molecule has 2 unspecified atom stereocenters. The average molecular weight is 499 g/mol. The number of rotatable bonds is 10. The predicted molar refractivity (Wildman–Crippen MR) is 137 cm³/mol. The summed E-state index contributed by atoms with van der Waals surface area (Å²) in [6, 6.07) is 5.39. The normalized spacial score (nSPS) is 15.0. The Morgan fingerprint density at radius 1 is 1.11 bits per heavy atom. The molecule has 0 radical (unpaired) electrons. The molecule has 0 spiro atoms. The van der Waals surface area contributed by atoms with Gasteiger partial charge >= 0.3 is 5.97 Å². The minimum Gasteiger partial charge on any atom is -0.493 e. The lowest BCUT2D eigenvalue weighted by Crippen LogP contribution is -2.31. The lowest BCUT2D eigenvalue weighted by Gasteiger charge is -2.19. The second-order valence-electron chi connectivity index (χ2n) is 8.77. The van der Waals surface area contributed by atoms with Gasteiger partial charge in [0.15, 0.2) is 11.5 Å². The van der Waals surface area contributed by atoms with Crippen LogP contribution in [-0.4, -0.2) is 44.4 Å². The number of unbranched alkanes of at least 4 members (excludes halogenated alkanes) is 1. The summed E-state index contributed by atoms with van der Waals surface area (Å²) in [5.74, 6) is 0.147. The fourth-order valence-electron chi connectivity index (χ4n) is 4.68. The molecule has 1 aliphatic carbocycles. The van der Waals surface area contributed by atoms with Crippen LogP contribution >= 0.6 is 0 Å². The molecule has 2 aromatic carbocycles. The van der Waals surface area contributed by atoms with E-state index in [2.05, 4.69) is 10.6 Å². The van der Waals surface area contributed by atoms with E-state index in [9.17, 15) is 19.5 Å². The number of carbonyl (C=O) groups is 2. The third-order valence-electron chi connectivity index (χ3n) is 6.39. The summed E-state index contributed by atoms with van der Waals surface area (Å²) in [6.45, 7) is 3.41. The summed E-state index contributed by atoms with van der Waals surface area (Å²) in [5.41, 5.74) is 2.77. The zero-order chi connectivity index (χ0) is 26.4. The number of fused-ring (bicyclic) bond motifs is 3. The van der Waals surface area contributed by atoms with Gasteiger partial charge < -0.3 is 30.0 Å². The van der Waals surface area contributed by atoms with Crippen molar-refractivity contribution in [2.45, 2.75) is 58.0 Å². The topological polar surface area (TPSA) is 123 Å². The Morgan fingerprint density at radius 3 is 2.42 bits per heavy atom. The molecule has 9 nitrogen and oxygen atoms in total. The SMILES string of the molecule is CCCCC(Nc1ccc2c(cc1=O)C(NC(C)=O)CCc1cc(OC)c(OC)c(OC)c1-2)C(=O)O. The summed E-state index contributed by atoms with van der Waals surface area (Å²) in [5, 5.41) is 15.5. The van der Waals surface area contributed by atoms with Gasteiger partial charge in [-0.3, -0.25) is 9.59 Å². The number of carboxylic acid groups (broad SMARTS) is 1. The fourth-order valence-corrected chi connectivity index (χ4v) is 4.68. The second kappa shape index (κ2) is 11.8. The highest BCUT2D eigenvalue weighted by atomic mass is 16.5. The van der Waals surface area contributed by atoms with E-state index in [-0.39, 0.29) is 17.0 Å². The minimum absolute atomic E-state index is 0.175. The molecule has 2 atom stereocenters. The van der Waals surface area contributed by atoms with Crippen LogP contribution in [0.25, 0.3) is 11.1 Å². The van der Waals surface area contributed by atoms with Crippen LogP contribution in [0.5, 0.6) is 17.2 Å². The number of aliphatic carboxylic acids is 1. The number of carboxylic acids is 1. The largest absolute Gasteiger partial charge is 0.493 e. The Labute approximate surface area is 210 Å². The first-order valence-electron chi connectivity index (χ1n) is 12.0. The second-order valence-corrected chi connectivity index (χ2v) is 8.77. The highest BCUT2D eigenvalue weighted by Gasteiger charge is 2.29. The molecule has 0 bridgehead atoms. The van der Waals surface area contributed by atoms with E-state index < -0.39 is 18.1 Å². The molecule has 3 rings (SSSR count). The van der Waals surface area contributed by atoms with Crippen LogP contribution in [0.2, 0.25) is 0 Å². The molecule has 0 fully saturated rings. The van der Waals surface area contributed by atoms with Crippen LogP contribution in [0.15, 0.2) is 29.1 Å². The van der Waals surface area contributed by atoms with Crippen molar-refractivity contribution < 1.29 is 28.9 Å². The number of aryl methyl sites for hydroxylation is 1. The number of carbonyl (C=O) groups excluding carboxylic acids is 1. The van der Waals surface area contributed by atoms with E-state index in [1.807, 2.05) is 13.0 Å². The van der Waals surface area contributed by atoms with Crippen LogP contribution in [0.1, 0.15) is 56.7 Å². The molecule has 194 valence electrons. The van der Waals surface area contributed by atoms with Crippen molar-refractivity contribution in [1.82, 2.24) is 5.32 Å². The van der Waals surface area contributed by atoms with Crippen LogP contribution in [0.4, 0.5) is 5.69 Å². The Hall–Kier alpha value is -3.75. The van der Waals surface area contributed by atoms with Gasteiger partial charge in [0, 0.05) is 12.5 Å². The smallest absolute Gasteiger partial charge is 0.326 e. The van der Waals surface area contributed by atoms with E-state index in [0.29, 0.717) is 54.1 Å². The summed E-state index contributed by atoms with van der Waals surface area (Å²) in [4.78, 5) is 37.2. The van der Waals surface area contributed by atoms with Gasteiger partial charge in [0.05, 0.1) is 33.1 Å². The quantitative estimate of drug-likeness (QED) is 0.450. The Morgan fingerprint density at radius 2 is 1.83 bits per heavy atom. The van der Waals surface area contributed by atoms with Crippen molar-refractivity contribution in [3.05, 3.63) is 45.6 Å².